The fourth-order valence-electron chi connectivity index (χ4n) is 3.58. The molecule has 1 amide bonds. The monoisotopic (exact) mass is 414 g/mol. The number of anilines is 2. The number of amides is 1. The highest BCUT2D eigenvalue weighted by Gasteiger charge is 2.32. The summed E-state index contributed by atoms with van der Waals surface area (Å²) in [6.45, 7) is 1.48. The Morgan fingerprint density at radius 1 is 1.21 bits per heavy atom. The lowest BCUT2D eigenvalue weighted by Gasteiger charge is -2.35. The van der Waals surface area contributed by atoms with Gasteiger partial charge < -0.3 is 9.80 Å². The molecule has 0 saturated carbocycles. The number of rotatable bonds is 5. The quantitative estimate of drug-likeness (QED) is 0.626. The van der Waals surface area contributed by atoms with Crippen LogP contribution in [0, 0.1) is 17.6 Å². The van der Waals surface area contributed by atoms with Crippen LogP contribution in [-0.2, 0) is 11.3 Å². The molecular formula is C21H20F2N4OS. The molecule has 1 aromatic carbocycles. The number of carbonyl (C=O) groups is 1. The first-order valence-corrected chi connectivity index (χ1v) is 10.3. The average molecular weight is 414 g/mol. The average Bonchev–Trinajstić information content (AvgIpc) is 3.26. The molecule has 1 atom stereocenters. The summed E-state index contributed by atoms with van der Waals surface area (Å²) in [6, 6.07) is 8.86. The van der Waals surface area contributed by atoms with Crippen molar-refractivity contribution in [3.8, 4) is 0 Å². The number of hydrogen-bond donors (Lipinski definition) is 0. The molecule has 0 aliphatic carbocycles. The van der Waals surface area contributed by atoms with Crippen LogP contribution in [0.1, 0.15) is 17.7 Å². The van der Waals surface area contributed by atoms with Gasteiger partial charge in [0.1, 0.15) is 11.6 Å². The number of nitrogens with zero attached hydrogens (tertiary/aromatic N) is 4. The molecule has 1 aliphatic heterocycles. The number of thiophene rings is 1. The van der Waals surface area contributed by atoms with Crippen LogP contribution in [0.2, 0.25) is 0 Å². The van der Waals surface area contributed by atoms with Crippen molar-refractivity contribution in [2.24, 2.45) is 5.92 Å². The van der Waals surface area contributed by atoms with Gasteiger partial charge in [-0.25, -0.2) is 18.7 Å². The van der Waals surface area contributed by atoms with Crippen LogP contribution in [0.25, 0.3) is 0 Å². The first-order valence-electron chi connectivity index (χ1n) is 9.42. The van der Waals surface area contributed by atoms with Gasteiger partial charge in [0, 0.05) is 36.4 Å². The third-order valence-corrected chi connectivity index (χ3v) is 5.83. The van der Waals surface area contributed by atoms with E-state index in [1.54, 1.807) is 18.5 Å². The van der Waals surface area contributed by atoms with E-state index in [1.807, 2.05) is 22.4 Å². The molecule has 2 aromatic heterocycles. The highest BCUT2D eigenvalue weighted by molar-refractivity contribution is 7.09. The van der Waals surface area contributed by atoms with E-state index in [0.717, 1.165) is 23.9 Å². The molecule has 1 saturated heterocycles. The highest BCUT2D eigenvalue weighted by atomic mass is 32.1. The minimum absolute atomic E-state index is 0.0953. The SMILES string of the molecule is O=C([C@H]1CCCN(c2ncccn2)C1)N(Cc1cccs1)c1ccc(F)cc1F. The van der Waals surface area contributed by atoms with Crippen molar-refractivity contribution in [3.05, 3.63) is 70.7 Å². The van der Waals surface area contributed by atoms with Crippen molar-refractivity contribution >= 4 is 28.9 Å². The molecule has 0 radical (unpaired) electrons. The zero-order valence-electron chi connectivity index (χ0n) is 15.7. The second-order valence-electron chi connectivity index (χ2n) is 6.93. The molecule has 0 spiro atoms. The van der Waals surface area contributed by atoms with E-state index in [4.69, 9.17) is 0 Å². The molecule has 1 fully saturated rings. The first kappa shape index (κ1) is 19.4. The molecule has 150 valence electrons. The van der Waals surface area contributed by atoms with Gasteiger partial charge in [0.05, 0.1) is 18.2 Å². The zero-order valence-corrected chi connectivity index (χ0v) is 16.5. The summed E-state index contributed by atoms with van der Waals surface area (Å²) in [5, 5.41) is 1.91. The minimum Gasteiger partial charge on any atom is -0.340 e. The molecule has 0 bridgehead atoms. The third-order valence-electron chi connectivity index (χ3n) is 4.97. The number of benzene rings is 1. The van der Waals surface area contributed by atoms with Crippen LogP contribution in [0.3, 0.4) is 0 Å². The summed E-state index contributed by atoms with van der Waals surface area (Å²) in [6.07, 6.45) is 4.86. The van der Waals surface area contributed by atoms with E-state index >= 15 is 0 Å². The Morgan fingerprint density at radius 2 is 2.03 bits per heavy atom. The summed E-state index contributed by atoms with van der Waals surface area (Å²) in [7, 11) is 0. The molecule has 3 heterocycles. The van der Waals surface area contributed by atoms with Crippen molar-refractivity contribution in [1.82, 2.24) is 9.97 Å². The Hall–Kier alpha value is -2.87. The molecule has 29 heavy (non-hydrogen) atoms. The summed E-state index contributed by atoms with van der Waals surface area (Å²) < 4.78 is 28.0. The predicted octanol–water partition coefficient (Wildman–Crippen LogP) is 4.27. The zero-order chi connectivity index (χ0) is 20.2. The fraction of sp³-hybridized carbons (Fsp3) is 0.286. The van der Waals surface area contributed by atoms with Crippen LogP contribution >= 0.6 is 11.3 Å². The normalized spacial score (nSPS) is 16.6. The second kappa shape index (κ2) is 8.65. The molecule has 1 aliphatic rings. The predicted molar refractivity (Wildman–Crippen MR) is 109 cm³/mol. The summed E-state index contributed by atoms with van der Waals surface area (Å²) in [4.78, 5) is 26.3. The molecular weight excluding hydrogens is 394 g/mol. The first-order chi connectivity index (χ1) is 14.1. The number of carbonyl (C=O) groups excluding carboxylic acids is 1. The number of aromatic nitrogens is 2. The Kier molecular flexibility index (Phi) is 5.80. The van der Waals surface area contributed by atoms with Crippen molar-refractivity contribution in [1.29, 1.82) is 0 Å². The maximum atomic E-state index is 14.5. The van der Waals surface area contributed by atoms with Gasteiger partial charge >= 0.3 is 0 Å². The summed E-state index contributed by atoms with van der Waals surface area (Å²) in [5.41, 5.74) is 0.0953. The lowest BCUT2D eigenvalue weighted by atomic mass is 9.96. The molecule has 0 unspecified atom stereocenters. The third kappa shape index (κ3) is 4.42. The Morgan fingerprint density at radius 3 is 2.76 bits per heavy atom. The standard InChI is InChI=1S/C21H20F2N4OS/c22-16-6-7-19(18(23)12-16)27(14-17-5-2-11-29-17)20(28)15-4-1-10-26(13-15)21-24-8-3-9-25-21/h2-3,5-9,11-12,15H,1,4,10,13-14H2/t15-/m0/s1. The lowest BCUT2D eigenvalue weighted by molar-refractivity contribution is -0.122. The van der Waals surface area contributed by atoms with Gasteiger partial charge in [-0.1, -0.05) is 6.07 Å². The van der Waals surface area contributed by atoms with Crippen molar-refractivity contribution in [2.75, 3.05) is 22.9 Å². The second-order valence-corrected chi connectivity index (χ2v) is 7.97. The Bertz CT molecular complexity index is 968. The minimum atomic E-state index is -0.742. The van der Waals surface area contributed by atoms with Crippen LogP contribution < -0.4 is 9.80 Å². The summed E-state index contributed by atoms with van der Waals surface area (Å²) >= 11 is 1.50. The Balaban J connectivity index is 1.60. The van der Waals surface area contributed by atoms with Gasteiger partial charge in [-0.15, -0.1) is 11.3 Å². The van der Waals surface area contributed by atoms with Gasteiger partial charge in [0.15, 0.2) is 0 Å². The maximum Gasteiger partial charge on any atom is 0.232 e. The van der Waals surface area contributed by atoms with Crippen LogP contribution in [0.15, 0.2) is 54.2 Å². The highest BCUT2D eigenvalue weighted by Crippen LogP contribution is 2.29. The number of halogens is 2. The molecule has 5 nitrogen and oxygen atoms in total. The largest absolute Gasteiger partial charge is 0.340 e. The van der Waals surface area contributed by atoms with Crippen LogP contribution in [-0.4, -0.2) is 29.0 Å². The van der Waals surface area contributed by atoms with Crippen molar-refractivity contribution in [2.45, 2.75) is 19.4 Å². The smallest absolute Gasteiger partial charge is 0.232 e. The molecule has 0 N–H and O–H groups in total. The van der Waals surface area contributed by atoms with E-state index in [0.29, 0.717) is 18.9 Å². The maximum absolute atomic E-state index is 14.5. The number of hydrogen-bond acceptors (Lipinski definition) is 5. The Labute approximate surface area is 171 Å². The van der Waals surface area contributed by atoms with E-state index in [1.165, 1.54) is 28.4 Å². The topological polar surface area (TPSA) is 49.3 Å². The summed E-state index contributed by atoms with van der Waals surface area (Å²) in [5.74, 6) is -1.32. The van der Waals surface area contributed by atoms with Crippen LogP contribution in [0.5, 0.6) is 0 Å². The van der Waals surface area contributed by atoms with Crippen LogP contribution in [0.4, 0.5) is 20.4 Å². The van der Waals surface area contributed by atoms with Gasteiger partial charge in [-0.3, -0.25) is 4.79 Å². The van der Waals surface area contributed by atoms with Crippen molar-refractivity contribution in [3.63, 3.8) is 0 Å². The van der Waals surface area contributed by atoms with Gasteiger partial charge in [-0.2, -0.15) is 0 Å². The number of piperidine rings is 1. The molecule has 8 heteroatoms. The van der Waals surface area contributed by atoms with E-state index in [-0.39, 0.29) is 24.1 Å². The van der Waals surface area contributed by atoms with Gasteiger partial charge in [-0.05, 0) is 42.5 Å². The van der Waals surface area contributed by atoms with E-state index in [9.17, 15) is 13.6 Å². The fourth-order valence-corrected chi connectivity index (χ4v) is 4.27. The van der Waals surface area contributed by atoms with E-state index < -0.39 is 11.6 Å². The molecule has 4 rings (SSSR count). The lowest BCUT2D eigenvalue weighted by Crippen LogP contribution is -2.45. The van der Waals surface area contributed by atoms with Gasteiger partial charge in [0.25, 0.3) is 0 Å². The van der Waals surface area contributed by atoms with Crippen molar-refractivity contribution < 1.29 is 13.6 Å². The van der Waals surface area contributed by atoms with E-state index in [2.05, 4.69) is 9.97 Å². The van der Waals surface area contributed by atoms with Gasteiger partial charge in [0.2, 0.25) is 11.9 Å². The molecule has 3 aromatic rings.